The van der Waals surface area contributed by atoms with Gasteiger partial charge in [0.2, 0.25) is 0 Å². The summed E-state index contributed by atoms with van der Waals surface area (Å²) in [5, 5.41) is 9.10. The van der Waals surface area contributed by atoms with Crippen molar-refractivity contribution in [1.29, 1.82) is 0 Å². The molecule has 0 aliphatic rings. The largest absolute Gasteiger partial charge is 0.488 e. The van der Waals surface area contributed by atoms with E-state index in [0.717, 1.165) is 9.64 Å². The maximum absolute atomic E-state index is 13.8. The van der Waals surface area contributed by atoms with Crippen molar-refractivity contribution >= 4 is 44.5 Å². The van der Waals surface area contributed by atoms with E-state index in [1.165, 1.54) is 18.2 Å². The summed E-state index contributed by atoms with van der Waals surface area (Å²) in [7, 11) is 0. The normalized spacial score (nSPS) is 10.5. The molecule has 0 saturated heterocycles. The Morgan fingerprint density at radius 2 is 2.00 bits per heavy atom. The number of carbonyl (C=O) groups is 1. The minimum absolute atomic E-state index is 0.0571. The van der Waals surface area contributed by atoms with Crippen LogP contribution in [0.1, 0.15) is 15.9 Å². The van der Waals surface area contributed by atoms with Crippen molar-refractivity contribution < 1.29 is 23.4 Å². The number of hydrogen-bond acceptors (Lipinski definition) is 2. The average Bonchev–Trinajstić information content (AvgIpc) is 2.44. The zero-order valence-corrected chi connectivity index (χ0v) is 14.1. The Bertz CT molecular complexity index is 707. The van der Waals surface area contributed by atoms with Gasteiger partial charge in [0.05, 0.1) is 10.0 Å². The van der Waals surface area contributed by atoms with Gasteiger partial charge in [0.25, 0.3) is 0 Å². The van der Waals surface area contributed by atoms with Gasteiger partial charge >= 0.3 is 5.97 Å². The third-order valence-electron chi connectivity index (χ3n) is 2.68. The van der Waals surface area contributed by atoms with Crippen molar-refractivity contribution in [3.63, 3.8) is 0 Å². The third kappa shape index (κ3) is 3.70. The van der Waals surface area contributed by atoms with Crippen molar-refractivity contribution in [1.82, 2.24) is 0 Å². The Balaban J connectivity index is 2.29. The molecule has 2 aromatic carbocycles. The van der Waals surface area contributed by atoms with Gasteiger partial charge in [-0.2, -0.15) is 0 Å². The van der Waals surface area contributed by atoms with E-state index in [0.29, 0.717) is 0 Å². The minimum atomic E-state index is -1.17. The second kappa shape index (κ2) is 6.69. The number of hydrogen-bond donors (Lipinski definition) is 1. The molecule has 0 saturated carbocycles. The third-order valence-corrected chi connectivity index (χ3v) is 3.97. The number of halogens is 4. The van der Waals surface area contributed by atoms with Crippen molar-refractivity contribution in [3.05, 3.63) is 61.1 Å². The maximum atomic E-state index is 13.8. The van der Waals surface area contributed by atoms with Crippen LogP contribution in [0.25, 0.3) is 0 Å². The molecule has 0 fully saturated rings. The molecule has 0 aliphatic carbocycles. The van der Waals surface area contributed by atoms with E-state index in [1.807, 2.05) is 22.6 Å². The second-order valence-corrected chi connectivity index (χ2v) is 6.16. The lowest BCUT2D eigenvalue weighted by Gasteiger charge is -2.11. The molecule has 0 radical (unpaired) electrons. The summed E-state index contributed by atoms with van der Waals surface area (Å²) in [6.45, 7) is -0.405. The monoisotopic (exact) mass is 468 g/mol. The van der Waals surface area contributed by atoms with Crippen LogP contribution in [0, 0.1) is 15.2 Å². The van der Waals surface area contributed by atoms with E-state index in [1.54, 1.807) is 6.07 Å². The average molecular weight is 469 g/mol. The van der Waals surface area contributed by atoms with E-state index in [9.17, 15) is 13.6 Å². The predicted molar refractivity (Wildman–Crippen MR) is 84.5 cm³/mol. The van der Waals surface area contributed by atoms with Crippen LogP contribution < -0.4 is 4.74 Å². The second-order valence-electron chi connectivity index (χ2n) is 4.06. The molecule has 0 spiro atoms. The van der Waals surface area contributed by atoms with Crippen LogP contribution in [0.4, 0.5) is 8.78 Å². The van der Waals surface area contributed by atoms with Gasteiger partial charge in [0.15, 0.2) is 0 Å². The van der Waals surface area contributed by atoms with Gasteiger partial charge in [0.1, 0.15) is 29.6 Å². The topological polar surface area (TPSA) is 46.5 Å². The lowest BCUT2D eigenvalue weighted by atomic mass is 10.2. The van der Waals surface area contributed by atoms with Crippen molar-refractivity contribution in [2.24, 2.45) is 0 Å². The van der Waals surface area contributed by atoms with Gasteiger partial charge in [-0.05, 0) is 68.9 Å². The first-order valence-corrected chi connectivity index (χ1v) is 7.55. The van der Waals surface area contributed by atoms with E-state index >= 15 is 0 Å². The Labute approximate surface area is 141 Å². The van der Waals surface area contributed by atoms with E-state index in [4.69, 9.17) is 9.84 Å². The SMILES string of the molecule is O=C(O)c1cc(I)ccc1OCc1c(F)ccc(Br)c1F. The summed E-state index contributed by atoms with van der Waals surface area (Å²) >= 11 is 4.93. The molecule has 1 N–H and O–H groups in total. The first-order valence-electron chi connectivity index (χ1n) is 5.68. The van der Waals surface area contributed by atoms with Crippen LogP contribution in [-0.2, 0) is 6.61 Å². The molecule has 0 bridgehead atoms. The highest BCUT2D eigenvalue weighted by molar-refractivity contribution is 14.1. The van der Waals surface area contributed by atoms with E-state index < -0.39 is 24.2 Å². The Hall–Kier alpha value is -1.22. The van der Waals surface area contributed by atoms with Crippen LogP contribution in [0.5, 0.6) is 5.75 Å². The van der Waals surface area contributed by atoms with Gasteiger partial charge in [-0.25, -0.2) is 13.6 Å². The summed E-state index contributed by atoms with van der Waals surface area (Å²) in [5.41, 5.74) is -0.322. The van der Waals surface area contributed by atoms with Crippen LogP contribution in [-0.4, -0.2) is 11.1 Å². The summed E-state index contributed by atoms with van der Waals surface area (Å²) in [5.74, 6) is -2.63. The minimum Gasteiger partial charge on any atom is -0.488 e. The fraction of sp³-hybridized carbons (Fsp3) is 0.0714. The van der Waals surface area contributed by atoms with Gasteiger partial charge in [0, 0.05) is 3.57 Å². The fourth-order valence-electron chi connectivity index (χ4n) is 1.65. The molecule has 0 amide bonds. The molecular formula is C14H8BrF2IO3. The smallest absolute Gasteiger partial charge is 0.339 e. The Kier molecular flexibility index (Phi) is 5.15. The Morgan fingerprint density at radius 3 is 2.67 bits per heavy atom. The highest BCUT2D eigenvalue weighted by Crippen LogP contribution is 2.26. The number of benzene rings is 2. The lowest BCUT2D eigenvalue weighted by molar-refractivity contribution is 0.0691. The number of aromatic carboxylic acids is 1. The standard InChI is InChI=1S/C14H8BrF2IO3/c15-10-2-3-11(16)9(13(10)17)6-21-12-4-1-7(18)5-8(12)14(19)20/h1-5H,6H2,(H,19,20). The van der Waals surface area contributed by atoms with Crippen LogP contribution in [0.15, 0.2) is 34.8 Å². The molecule has 2 rings (SSSR count). The maximum Gasteiger partial charge on any atom is 0.339 e. The molecule has 3 nitrogen and oxygen atoms in total. The van der Waals surface area contributed by atoms with Crippen molar-refractivity contribution in [2.75, 3.05) is 0 Å². The number of carboxylic acid groups (broad SMARTS) is 1. The summed E-state index contributed by atoms with van der Waals surface area (Å²) in [6, 6.07) is 6.89. The van der Waals surface area contributed by atoms with E-state index in [2.05, 4.69) is 15.9 Å². The highest BCUT2D eigenvalue weighted by atomic mass is 127. The first kappa shape index (κ1) is 16.2. The van der Waals surface area contributed by atoms with Crippen molar-refractivity contribution in [3.8, 4) is 5.75 Å². The molecular weight excluding hydrogens is 461 g/mol. The fourth-order valence-corrected chi connectivity index (χ4v) is 2.51. The van der Waals surface area contributed by atoms with Gasteiger partial charge in [-0.1, -0.05) is 0 Å². The summed E-state index contributed by atoms with van der Waals surface area (Å²) in [4.78, 5) is 11.1. The van der Waals surface area contributed by atoms with Crippen molar-refractivity contribution in [2.45, 2.75) is 6.61 Å². The predicted octanol–water partition coefficient (Wildman–Crippen LogP) is 4.61. The molecule has 21 heavy (non-hydrogen) atoms. The zero-order valence-electron chi connectivity index (χ0n) is 10.4. The first-order chi connectivity index (χ1) is 9.90. The van der Waals surface area contributed by atoms with Crippen LogP contribution >= 0.6 is 38.5 Å². The van der Waals surface area contributed by atoms with Gasteiger partial charge in [-0.15, -0.1) is 0 Å². The zero-order chi connectivity index (χ0) is 15.6. The number of rotatable bonds is 4. The van der Waals surface area contributed by atoms with Gasteiger partial charge < -0.3 is 9.84 Å². The van der Waals surface area contributed by atoms with Gasteiger partial charge in [-0.3, -0.25) is 0 Å². The molecule has 0 unspecified atom stereocenters. The van der Waals surface area contributed by atoms with Crippen LogP contribution in [0.2, 0.25) is 0 Å². The number of carboxylic acids is 1. The summed E-state index contributed by atoms with van der Waals surface area (Å²) in [6.07, 6.45) is 0. The molecule has 0 heterocycles. The molecule has 0 aliphatic heterocycles. The van der Waals surface area contributed by atoms with Crippen LogP contribution in [0.3, 0.4) is 0 Å². The lowest BCUT2D eigenvalue weighted by Crippen LogP contribution is -2.06. The molecule has 0 aromatic heterocycles. The molecule has 110 valence electrons. The molecule has 7 heteroatoms. The molecule has 2 aromatic rings. The molecule has 0 atom stereocenters. The highest BCUT2D eigenvalue weighted by Gasteiger charge is 2.16. The number of ether oxygens (including phenoxy) is 1. The summed E-state index contributed by atoms with van der Waals surface area (Å²) < 4.78 is 33.5. The van der Waals surface area contributed by atoms with E-state index in [-0.39, 0.29) is 21.3 Å². The quantitative estimate of drug-likeness (QED) is 0.526. The Morgan fingerprint density at radius 1 is 1.29 bits per heavy atom.